The highest BCUT2D eigenvalue weighted by Gasteiger charge is 2.03. The number of anilines is 1. The van der Waals surface area contributed by atoms with Gasteiger partial charge in [-0.2, -0.15) is 5.26 Å². The van der Waals surface area contributed by atoms with Crippen LogP contribution in [0.4, 0.5) is 5.69 Å². The molecule has 1 aromatic carbocycles. The molecule has 0 unspecified atom stereocenters. The van der Waals surface area contributed by atoms with Crippen LogP contribution >= 0.6 is 0 Å². The van der Waals surface area contributed by atoms with E-state index < -0.39 is 0 Å². The topological polar surface area (TPSA) is 65.8 Å². The van der Waals surface area contributed by atoms with Gasteiger partial charge in [0.2, 0.25) is 5.91 Å². The van der Waals surface area contributed by atoms with Gasteiger partial charge in [0.1, 0.15) is 0 Å². The summed E-state index contributed by atoms with van der Waals surface area (Å²) in [5.74, 6) is -0.0704. The number of carbonyl (C=O) groups is 1. The van der Waals surface area contributed by atoms with Crippen LogP contribution in [-0.4, -0.2) is 10.9 Å². The maximum atomic E-state index is 11.8. The first-order valence-corrected chi connectivity index (χ1v) is 5.97. The van der Waals surface area contributed by atoms with Crippen molar-refractivity contribution in [3.05, 3.63) is 59.9 Å². The second-order valence-corrected chi connectivity index (χ2v) is 4.10. The van der Waals surface area contributed by atoms with Crippen LogP contribution in [0.25, 0.3) is 0 Å². The lowest BCUT2D eigenvalue weighted by Crippen LogP contribution is -2.12. The second kappa shape index (κ2) is 6.31. The van der Waals surface area contributed by atoms with Gasteiger partial charge >= 0.3 is 0 Å². The minimum absolute atomic E-state index is 0.0704. The third-order valence-electron chi connectivity index (χ3n) is 2.64. The molecule has 4 heteroatoms. The Morgan fingerprint density at radius 1 is 1.32 bits per heavy atom. The van der Waals surface area contributed by atoms with Crippen molar-refractivity contribution in [2.45, 2.75) is 12.8 Å². The summed E-state index contributed by atoms with van der Waals surface area (Å²) in [6.45, 7) is 0. The molecule has 94 valence electrons. The van der Waals surface area contributed by atoms with E-state index in [4.69, 9.17) is 5.26 Å². The third-order valence-corrected chi connectivity index (χ3v) is 2.64. The van der Waals surface area contributed by atoms with Crippen molar-refractivity contribution >= 4 is 11.6 Å². The Hall–Kier alpha value is -2.67. The van der Waals surface area contributed by atoms with E-state index in [9.17, 15) is 4.79 Å². The number of nitriles is 1. The van der Waals surface area contributed by atoms with E-state index >= 15 is 0 Å². The first kappa shape index (κ1) is 12.8. The lowest BCUT2D eigenvalue weighted by molar-refractivity contribution is -0.116. The van der Waals surface area contributed by atoms with E-state index in [-0.39, 0.29) is 5.91 Å². The highest BCUT2D eigenvalue weighted by molar-refractivity contribution is 5.90. The Kier molecular flexibility index (Phi) is 4.25. The standard InChI is InChI=1S/C15H13N3O/c16-10-13-3-1-5-14(9-13)18-15(19)7-6-12-4-2-8-17-11-12/h1-5,8-9,11H,6-7H2,(H,18,19). The van der Waals surface area contributed by atoms with E-state index in [0.29, 0.717) is 24.1 Å². The van der Waals surface area contributed by atoms with Crippen LogP contribution in [0.5, 0.6) is 0 Å². The molecule has 0 fully saturated rings. The maximum absolute atomic E-state index is 11.8. The molecule has 4 nitrogen and oxygen atoms in total. The summed E-state index contributed by atoms with van der Waals surface area (Å²) in [6, 6.07) is 12.7. The molecule has 1 heterocycles. The molecule has 19 heavy (non-hydrogen) atoms. The van der Waals surface area contributed by atoms with Crippen molar-refractivity contribution in [1.29, 1.82) is 5.26 Å². The zero-order valence-corrected chi connectivity index (χ0v) is 10.3. The van der Waals surface area contributed by atoms with Crippen LogP contribution in [0, 0.1) is 11.3 Å². The van der Waals surface area contributed by atoms with Gasteiger partial charge in [-0.3, -0.25) is 9.78 Å². The molecule has 0 aliphatic rings. The van der Waals surface area contributed by atoms with Gasteiger partial charge in [0.15, 0.2) is 0 Å². The fourth-order valence-electron chi connectivity index (χ4n) is 1.69. The molecule has 1 aromatic heterocycles. The van der Waals surface area contributed by atoms with Crippen LogP contribution in [0.2, 0.25) is 0 Å². The van der Waals surface area contributed by atoms with E-state index in [2.05, 4.69) is 10.3 Å². The summed E-state index contributed by atoms with van der Waals surface area (Å²) in [6.07, 6.45) is 4.50. The molecule has 0 aliphatic carbocycles. The fourth-order valence-corrected chi connectivity index (χ4v) is 1.69. The second-order valence-electron chi connectivity index (χ2n) is 4.10. The number of pyridine rings is 1. The predicted molar refractivity (Wildman–Crippen MR) is 72.3 cm³/mol. The molecule has 2 aromatic rings. The fraction of sp³-hybridized carbons (Fsp3) is 0.133. The Morgan fingerprint density at radius 3 is 2.95 bits per heavy atom. The molecule has 0 atom stereocenters. The summed E-state index contributed by atoms with van der Waals surface area (Å²) in [5.41, 5.74) is 2.21. The number of rotatable bonds is 4. The van der Waals surface area contributed by atoms with Gasteiger partial charge < -0.3 is 5.32 Å². The van der Waals surface area contributed by atoms with Gasteiger partial charge in [0.05, 0.1) is 11.6 Å². The molecule has 0 saturated carbocycles. The SMILES string of the molecule is N#Cc1cccc(NC(=O)CCc2cccnc2)c1. The van der Waals surface area contributed by atoms with Gasteiger partial charge in [-0.15, -0.1) is 0 Å². The van der Waals surface area contributed by atoms with Gasteiger partial charge in [-0.1, -0.05) is 12.1 Å². The van der Waals surface area contributed by atoms with Crippen molar-refractivity contribution in [3.8, 4) is 6.07 Å². The van der Waals surface area contributed by atoms with E-state index in [1.165, 1.54) is 0 Å². The van der Waals surface area contributed by atoms with Gasteiger partial charge in [-0.25, -0.2) is 0 Å². The first-order valence-electron chi connectivity index (χ1n) is 5.97. The highest BCUT2D eigenvalue weighted by Crippen LogP contribution is 2.10. The van der Waals surface area contributed by atoms with Crippen molar-refractivity contribution in [2.24, 2.45) is 0 Å². The van der Waals surface area contributed by atoms with Crippen LogP contribution in [0.15, 0.2) is 48.8 Å². The molecule has 1 amide bonds. The van der Waals surface area contributed by atoms with Gasteiger partial charge in [0, 0.05) is 24.5 Å². The zero-order chi connectivity index (χ0) is 13.5. The molecule has 0 spiro atoms. The number of hydrogen-bond acceptors (Lipinski definition) is 3. The number of nitrogens with one attached hydrogen (secondary N) is 1. The first-order chi connectivity index (χ1) is 9.28. The predicted octanol–water partition coefficient (Wildman–Crippen LogP) is 2.52. The summed E-state index contributed by atoms with van der Waals surface area (Å²) in [5, 5.41) is 11.6. The number of nitrogens with zero attached hydrogens (tertiary/aromatic N) is 2. The van der Waals surface area contributed by atoms with Crippen LogP contribution in [0.3, 0.4) is 0 Å². The molecular formula is C15H13N3O. The number of hydrogen-bond donors (Lipinski definition) is 1. The molecule has 0 bridgehead atoms. The minimum atomic E-state index is -0.0704. The number of carbonyl (C=O) groups excluding carboxylic acids is 1. The van der Waals surface area contributed by atoms with E-state index in [1.54, 1.807) is 36.7 Å². The molecule has 2 rings (SSSR count). The van der Waals surface area contributed by atoms with Crippen molar-refractivity contribution in [3.63, 3.8) is 0 Å². The number of aryl methyl sites for hydroxylation is 1. The number of aromatic nitrogens is 1. The largest absolute Gasteiger partial charge is 0.326 e. The molecule has 1 N–H and O–H groups in total. The van der Waals surface area contributed by atoms with Crippen molar-refractivity contribution in [2.75, 3.05) is 5.32 Å². The van der Waals surface area contributed by atoms with Crippen LogP contribution < -0.4 is 5.32 Å². The summed E-state index contributed by atoms with van der Waals surface area (Å²) in [7, 11) is 0. The quantitative estimate of drug-likeness (QED) is 0.908. The Bertz CT molecular complexity index is 602. The molecule has 0 aliphatic heterocycles. The van der Waals surface area contributed by atoms with Gasteiger partial charge in [-0.05, 0) is 36.2 Å². The average Bonchev–Trinajstić information content (AvgIpc) is 2.46. The van der Waals surface area contributed by atoms with E-state index in [0.717, 1.165) is 5.56 Å². The zero-order valence-electron chi connectivity index (χ0n) is 10.3. The van der Waals surface area contributed by atoms with E-state index in [1.807, 2.05) is 18.2 Å². The van der Waals surface area contributed by atoms with Gasteiger partial charge in [0.25, 0.3) is 0 Å². The molecule has 0 saturated heterocycles. The van der Waals surface area contributed by atoms with Crippen LogP contribution in [0.1, 0.15) is 17.5 Å². The normalized spacial score (nSPS) is 9.63. The Balaban J connectivity index is 1.89. The number of benzene rings is 1. The Labute approximate surface area is 111 Å². The Morgan fingerprint density at radius 2 is 2.21 bits per heavy atom. The monoisotopic (exact) mass is 251 g/mol. The highest BCUT2D eigenvalue weighted by atomic mass is 16.1. The third kappa shape index (κ3) is 3.93. The number of amides is 1. The van der Waals surface area contributed by atoms with Crippen molar-refractivity contribution < 1.29 is 4.79 Å². The summed E-state index contributed by atoms with van der Waals surface area (Å²) < 4.78 is 0. The lowest BCUT2D eigenvalue weighted by Gasteiger charge is -2.05. The van der Waals surface area contributed by atoms with Crippen molar-refractivity contribution in [1.82, 2.24) is 4.98 Å². The molecule has 0 radical (unpaired) electrons. The summed E-state index contributed by atoms with van der Waals surface area (Å²) >= 11 is 0. The molecular weight excluding hydrogens is 238 g/mol. The maximum Gasteiger partial charge on any atom is 0.224 e. The minimum Gasteiger partial charge on any atom is -0.326 e. The summed E-state index contributed by atoms with van der Waals surface area (Å²) in [4.78, 5) is 15.8. The lowest BCUT2D eigenvalue weighted by atomic mass is 10.1. The van der Waals surface area contributed by atoms with Crippen LogP contribution in [-0.2, 0) is 11.2 Å². The smallest absolute Gasteiger partial charge is 0.224 e. The average molecular weight is 251 g/mol.